The molecule has 0 radical (unpaired) electrons. The maximum Gasteiger partial charge on any atom is 1.00 e. The standard InChI is InChI=1S/CHO3.2K/c2-1-4-3;;/h3H;;/q-1;2*+1/p-1. The van der Waals surface area contributed by atoms with Gasteiger partial charge in [-0.25, -0.2) is 0 Å². The van der Waals surface area contributed by atoms with E-state index in [9.17, 15) is 0 Å². The predicted molar refractivity (Wildman–Crippen MR) is 6.78 cm³/mol. The van der Waals surface area contributed by atoms with Gasteiger partial charge in [0.25, 0.3) is 0 Å². The number of rotatable bonds is 1. The molecule has 6 heavy (non-hydrogen) atoms. The molecule has 0 bridgehead atoms. The van der Waals surface area contributed by atoms with E-state index in [1.54, 1.807) is 0 Å². The van der Waals surface area contributed by atoms with Crippen LogP contribution in [-0.4, -0.2) is 6.47 Å². The van der Waals surface area contributed by atoms with E-state index < -0.39 is 0 Å². The van der Waals surface area contributed by atoms with Gasteiger partial charge in [-0.2, -0.15) is 0 Å². The van der Waals surface area contributed by atoms with E-state index in [1.165, 1.54) is 0 Å². The van der Waals surface area contributed by atoms with Crippen LogP contribution in [0.1, 0.15) is 0 Å². The van der Waals surface area contributed by atoms with Crippen molar-refractivity contribution in [2.75, 3.05) is 0 Å². The van der Waals surface area contributed by atoms with Crippen molar-refractivity contribution < 1.29 is 118 Å². The Morgan fingerprint density at radius 3 is 1.67 bits per heavy atom. The fourth-order valence-corrected chi connectivity index (χ4v) is 0. The fourth-order valence-electron chi connectivity index (χ4n) is 0. The van der Waals surface area contributed by atoms with Gasteiger partial charge >= 0.3 is 103 Å². The maximum absolute atomic E-state index is 8.51. The van der Waals surface area contributed by atoms with E-state index in [2.05, 4.69) is 4.89 Å². The molecule has 0 spiro atoms. The van der Waals surface area contributed by atoms with Gasteiger partial charge in [-0.1, -0.05) is 6.47 Å². The Bertz CT molecular complexity index is 22.8. The summed E-state index contributed by atoms with van der Waals surface area (Å²) >= 11 is 0. The van der Waals surface area contributed by atoms with Gasteiger partial charge in [0.1, 0.15) is 0 Å². The molecule has 0 rings (SSSR count). The van der Waals surface area contributed by atoms with Gasteiger partial charge in [0.05, 0.1) is 0 Å². The van der Waals surface area contributed by atoms with Crippen molar-refractivity contribution in [2.45, 2.75) is 0 Å². The Morgan fingerprint density at radius 2 is 1.67 bits per heavy atom. The molecule has 0 aromatic carbocycles. The molecule has 0 aliphatic heterocycles. The summed E-state index contributed by atoms with van der Waals surface area (Å²) in [6, 6.07) is 0. The Labute approximate surface area is 121 Å². The summed E-state index contributed by atoms with van der Waals surface area (Å²) in [6.07, 6.45) is 0. The molecule has 0 amide bonds. The van der Waals surface area contributed by atoms with Crippen LogP contribution in [-0.2, 0) is 9.68 Å². The van der Waals surface area contributed by atoms with Crippen molar-refractivity contribution in [3.8, 4) is 0 Å². The summed E-state index contributed by atoms with van der Waals surface area (Å²) in [5.41, 5.74) is 0. The first-order valence-corrected chi connectivity index (χ1v) is 0.575. The summed E-state index contributed by atoms with van der Waals surface area (Å²) < 4.78 is 0. The minimum Gasteiger partial charge on any atom is -0.715 e. The maximum atomic E-state index is 8.51. The zero-order valence-electron chi connectivity index (χ0n) is 3.72. The van der Waals surface area contributed by atoms with Crippen molar-refractivity contribution >= 4 is 6.47 Å². The van der Waals surface area contributed by atoms with Crippen LogP contribution in [0.3, 0.4) is 0 Å². The van der Waals surface area contributed by atoms with E-state index in [1.807, 2.05) is 0 Å². The molecular formula is CK2O3. The van der Waals surface area contributed by atoms with Crippen LogP contribution in [0.25, 0.3) is 0 Å². The van der Waals surface area contributed by atoms with Gasteiger partial charge in [0.2, 0.25) is 0 Å². The largest absolute Gasteiger partial charge is 1.00 e. The van der Waals surface area contributed by atoms with E-state index in [0.29, 0.717) is 6.47 Å². The third-order valence-corrected chi connectivity index (χ3v) is 0.0340. The monoisotopic (exact) mass is 138 g/mol. The molecule has 0 aromatic heterocycles. The van der Waals surface area contributed by atoms with Crippen molar-refractivity contribution in [1.29, 1.82) is 0 Å². The van der Waals surface area contributed by atoms with Crippen molar-refractivity contribution in [3.63, 3.8) is 0 Å². The van der Waals surface area contributed by atoms with E-state index in [-0.39, 0.29) is 103 Å². The molecule has 0 aromatic rings. The smallest absolute Gasteiger partial charge is 0.715 e. The van der Waals surface area contributed by atoms with Gasteiger partial charge in [0.15, 0.2) is 0 Å². The second-order valence-electron chi connectivity index (χ2n) is 0.167. The van der Waals surface area contributed by atoms with Crippen LogP contribution >= 0.6 is 0 Å². The third kappa shape index (κ3) is 15.9. The second-order valence-corrected chi connectivity index (χ2v) is 0.167. The van der Waals surface area contributed by atoms with Gasteiger partial charge in [-0.05, 0) is 0 Å². The molecule has 0 saturated heterocycles. The number of carbonyl (C=O) groups excluding carboxylic acids is 1. The normalized spacial score (nSPS) is 3.50. The van der Waals surface area contributed by atoms with Gasteiger partial charge in [0, 0.05) is 0 Å². The zero-order chi connectivity index (χ0) is 3.41. The van der Waals surface area contributed by atoms with Crippen LogP contribution < -0.4 is 108 Å². The van der Waals surface area contributed by atoms with Crippen molar-refractivity contribution in [2.24, 2.45) is 0 Å². The number of hydrogen-bond donors (Lipinski definition) is 0. The average Bonchev–Trinajstić information content (AvgIpc) is 1.37. The van der Waals surface area contributed by atoms with Gasteiger partial charge in [-0.15, -0.1) is 0 Å². The van der Waals surface area contributed by atoms with Crippen LogP contribution in [0, 0.1) is 0 Å². The van der Waals surface area contributed by atoms with E-state index in [0.717, 1.165) is 0 Å². The zero-order valence-corrected chi connectivity index (χ0v) is 9.97. The van der Waals surface area contributed by atoms with Crippen LogP contribution in [0.4, 0.5) is 0 Å². The Hall–Kier alpha value is 2.70. The predicted octanol–water partition coefficient (Wildman–Crippen LogP) is -7.65. The summed E-state index contributed by atoms with van der Waals surface area (Å²) in [4.78, 5) is 11.0. The minimum atomic E-state index is 0. The van der Waals surface area contributed by atoms with Crippen LogP contribution in [0.5, 0.6) is 0 Å². The molecular weight excluding hydrogens is 138 g/mol. The molecule has 0 fully saturated rings. The SMILES string of the molecule is O=[C-]O[O-].[K+].[K+]. The van der Waals surface area contributed by atoms with Gasteiger partial charge in [-0.3, -0.25) is 0 Å². The summed E-state index contributed by atoms with van der Waals surface area (Å²) in [5, 5.41) is 8.38. The second kappa shape index (κ2) is 15.6. The van der Waals surface area contributed by atoms with E-state index in [4.69, 9.17) is 10.1 Å². The first-order chi connectivity index (χ1) is 1.91. The molecule has 0 aliphatic rings. The molecule has 24 valence electrons. The molecule has 3 nitrogen and oxygen atoms in total. The molecule has 0 atom stereocenters. The molecule has 5 heteroatoms. The molecule has 0 heterocycles. The Kier molecular flexibility index (Phi) is 41.4. The molecule has 0 unspecified atom stereocenters. The first-order valence-electron chi connectivity index (χ1n) is 0.575. The summed E-state index contributed by atoms with van der Waals surface area (Å²) in [7, 11) is 0. The molecule has 0 N–H and O–H groups in total. The third-order valence-electron chi connectivity index (χ3n) is 0.0340. The number of hydrogen-bond acceptors (Lipinski definition) is 3. The van der Waals surface area contributed by atoms with Crippen molar-refractivity contribution in [3.05, 3.63) is 0 Å². The summed E-state index contributed by atoms with van der Waals surface area (Å²) in [5.74, 6) is 0. The quantitative estimate of drug-likeness (QED) is 0.156. The fraction of sp³-hybridized carbons (Fsp3) is 0. The minimum absolute atomic E-state index is 0. The average molecular weight is 138 g/mol. The first kappa shape index (κ1) is 15.9. The van der Waals surface area contributed by atoms with Crippen molar-refractivity contribution in [1.82, 2.24) is 0 Å². The molecule has 0 saturated carbocycles. The van der Waals surface area contributed by atoms with Crippen LogP contribution in [0.2, 0.25) is 0 Å². The molecule has 0 aliphatic carbocycles. The van der Waals surface area contributed by atoms with Crippen LogP contribution in [0.15, 0.2) is 0 Å². The van der Waals surface area contributed by atoms with E-state index >= 15 is 0 Å². The Morgan fingerprint density at radius 1 is 1.50 bits per heavy atom. The Balaban J connectivity index is -0.0000000450. The summed E-state index contributed by atoms with van der Waals surface area (Å²) in [6.45, 7) is 0.625. The topological polar surface area (TPSA) is 49.4 Å². The van der Waals surface area contributed by atoms with Gasteiger partial charge < -0.3 is 14.9 Å².